The van der Waals surface area contributed by atoms with Gasteiger partial charge < -0.3 is 10.3 Å². The summed E-state index contributed by atoms with van der Waals surface area (Å²) in [5, 5.41) is 3.46. The maximum atomic E-state index is 14.7. The molecule has 29 heavy (non-hydrogen) atoms. The molecule has 1 aliphatic rings. The average molecular weight is 442 g/mol. The van der Waals surface area contributed by atoms with Crippen molar-refractivity contribution in [1.29, 1.82) is 0 Å². The van der Waals surface area contributed by atoms with E-state index in [1.165, 1.54) is 25.0 Å². The lowest BCUT2D eigenvalue weighted by Crippen LogP contribution is -2.35. The molecule has 3 aromatic rings. The summed E-state index contributed by atoms with van der Waals surface area (Å²) in [5.74, 6) is -1.06. The SMILES string of the molecule is CC1(C)CCC(NCc2cc(F)c(-c3ccc4nc[nH]c4c3)c(F)c2)CC1.Cl.Cl. The quantitative estimate of drug-likeness (QED) is 0.490. The Kier molecular flexibility index (Phi) is 7.66. The molecule has 1 aromatic heterocycles. The fourth-order valence-corrected chi connectivity index (χ4v) is 3.96. The van der Waals surface area contributed by atoms with Crippen molar-refractivity contribution in [3.8, 4) is 11.1 Å². The summed E-state index contributed by atoms with van der Waals surface area (Å²) >= 11 is 0. The molecule has 7 heteroatoms. The van der Waals surface area contributed by atoms with Gasteiger partial charge in [-0.2, -0.15) is 0 Å². The van der Waals surface area contributed by atoms with Gasteiger partial charge in [0.1, 0.15) is 11.6 Å². The Hall–Kier alpha value is -1.69. The molecule has 0 aliphatic heterocycles. The molecule has 4 rings (SSSR count). The molecule has 0 spiro atoms. The van der Waals surface area contributed by atoms with Gasteiger partial charge in [0, 0.05) is 12.6 Å². The molecule has 1 fully saturated rings. The highest BCUT2D eigenvalue weighted by Crippen LogP contribution is 2.35. The third-order valence-electron chi connectivity index (χ3n) is 5.74. The molecule has 2 aromatic carbocycles. The molecular weight excluding hydrogens is 415 g/mol. The van der Waals surface area contributed by atoms with Crippen molar-refractivity contribution < 1.29 is 8.78 Å². The molecule has 1 heterocycles. The zero-order chi connectivity index (χ0) is 19.0. The molecule has 0 bridgehead atoms. The van der Waals surface area contributed by atoms with Crippen LogP contribution < -0.4 is 5.32 Å². The maximum Gasteiger partial charge on any atom is 0.134 e. The average Bonchev–Trinajstić information content (AvgIpc) is 3.08. The van der Waals surface area contributed by atoms with Gasteiger partial charge in [0.25, 0.3) is 0 Å². The monoisotopic (exact) mass is 441 g/mol. The number of hydrogen-bond donors (Lipinski definition) is 2. The summed E-state index contributed by atoms with van der Waals surface area (Å²) in [4.78, 5) is 7.12. The Morgan fingerprint density at radius 2 is 1.72 bits per heavy atom. The molecule has 0 amide bonds. The van der Waals surface area contributed by atoms with E-state index in [1.807, 2.05) is 0 Å². The number of rotatable bonds is 4. The van der Waals surface area contributed by atoms with Crippen LogP contribution in [-0.4, -0.2) is 16.0 Å². The van der Waals surface area contributed by atoms with Crippen LogP contribution in [0.3, 0.4) is 0 Å². The lowest BCUT2D eigenvalue weighted by atomic mass is 9.75. The summed E-state index contributed by atoms with van der Waals surface area (Å²) < 4.78 is 29.4. The van der Waals surface area contributed by atoms with E-state index < -0.39 is 11.6 Å². The molecule has 2 N–H and O–H groups in total. The first-order chi connectivity index (χ1) is 12.9. The van der Waals surface area contributed by atoms with Crippen LogP contribution in [-0.2, 0) is 6.54 Å². The number of hydrogen-bond acceptors (Lipinski definition) is 2. The van der Waals surface area contributed by atoms with Crippen LogP contribution in [0.4, 0.5) is 8.78 Å². The lowest BCUT2D eigenvalue weighted by Gasteiger charge is -2.34. The van der Waals surface area contributed by atoms with Crippen molar-refractivity contribution in [1.82, 2.24) is 15.3 Å². The third-order valence-corrected chi connectivity index (χ3v) is 5.74. The predicted molar refractivity (Wildman–Crippen MR) is 119 cm³/mol. The first-order valence-corrected chi connectivity index (χ1v) is 9.56. The second kappa shape index (κ2) is 9.41. The molecule has 1 aliphatic carbocycles. The summed E-state index contributed by atoms with van der Waals surface area (Å²) in [6.07, 6.45) is 6.16. The first-order valence-electron chi connectivity index (χ1n) is 9.56. The van der Waals surface area contributed by atoms with Gasteiger partial charge in [-0.15, -0.1) is 24.8 Å². The molecule has 0 saturated heterocycles. The fourth-order valence-electron chi connectivity index (χ4n) is 3.96. The van der Waals surface area contributed by atoms with Gasteiger partial charge in [-0.25, -0.2) is 13.8 Å². The number of aromatic nitrogens is 2. The van der Waals surface area contributed by atoms with Gasteiger partial charge in [0.15, 0.2) is 0 Å². The van der Waals surface area contributed by atoms with Gasteiger partial charge in [-0.3, -0.25) is 0 Å². The van der Waals surface area contributed by atoms with Crippen LogP contribution in [0, 0.1) is 17.0 Å². The molecular formula is C22H27Cl2F2N3. The van der Waals surface area contributed by atoms with E-state index in [0.29, 0.717) is 29.1 Å². The molecule has 158 valence electrons. The van der Waals surface area contributed by atoms with Crippen LogP contribution in [0.1, 0.15) is 45.1 Å². The number of fused-ring (bicyclic) bond motifs is 1. The summed E-state index contributed by atoms with van der Waals surface area (Å²) in [5.41, 5.74) is 3.10. The molecule has 3 nitrogen and oxygen atoms in total. The number of H-pyrrole nitrogens is 1. The highest BCUT2D eigenvalue weighted by molar-refractivity contribution is 5.85. The van der Waals surface area contributed by atoms with Crippen molar-refractivity contribution in [3.05, 3.63) is 53.9 Å². The lowest BCUT2D eigenvalue weighted by molar-refractivity contribution is 0.206. The normalized spacial score (nSPS) is 16.3. The van der Waals surface area contributed by atoms with Crippen molar-refractivity contribution in [2.75, 3.05) is 0 Å². The molecule has 0 unspecified atom stereocenters. The largest absolute Gasteiger partial charge is 0.345 e. The van der Waals surface area contributed by atoms with E-state index in [4.69, 9.17) is 0 Å². The zero-order valence-corrected chi connectivity index (χ0v) is 18.2. The smallest absolute Gasteiger partial charge is 0.134 e. The van der Waals surface area contributed by atoms with Crippen LogP contribution >= 0.6 is 24.8 Å². The second-order valence-electron chi connectivity index (χ2n) is 8.39. The summed E-state index contributed by atoms with van der Waals surface area (Å²) in [6.45, 7) is 5.08. The minimum Gasteiger partial charge on any atom is -0.345 e. The van der Waals surface area contributed by atoms with E-state index >= 15 is 0 Å². The summed E-state index contributed by atoms with van der Waals surface area (Å²) in [6, 6.07) is 8.49. The number of aromatic amines is 1. The van der Waals surface area contributed by atoms with Gasteiger partial charge in [-0.05, 0) is 66.5 Å². The number of benzene rings is 2. The predicted octanol–water partition coefficient (Wildman–Crippen LogP) is 6.41. The highest BCUT2D eigenvalue weighted by atomic mass is 35.5. The molecule has 1 saturated carbocycles. The zero-order valence-electron chi connectivity index (χ0n) is 16.6. The number of nitrogens with one attached hydrogen (secondary N) is 2. The van der Waals surface area contributed by atoms with Gasteiger partial charge in [0.05, 0.1) is 22.9 Å². The Balaban J connectivity index is 0.00000150. The van der Waals surface area contributed by atoms with E-state index in [1.54, 1.807) is 24.5 Å². The van der Waals surface area contributed by atoms with Gasteiger partial charge in [-0.1, -0.05) is 19.9 Å². The minimum absolute atomic E-state index is 0. The van der Waals surface area contributed by atoms with Crippen molar-refractivity contribution >= 4 is 35.8 Å². The Morgan fingerprint density at radius 3 is 2.38 bits per heavy atom. The Morgan fingerprint density at radius 1 is 1.07 bits per heavy atom. The Bertz CT molecular complexity index is 939. The second-order valence-corrected chi connectivity index (χ2v) is 8.39. The maximum absolute atomic E-state index is 14.7. The third kappa shape index (κ3) is 5.27. The number of halogens is 4. The van der Waals surface area contributed by atoms with Crippen LogP contribution in [0.15, 0.2) is 36.7 Å². The fraction of sp³-hybridized carbons (Fsp3) is 0.409. The highest BCUT2D eigenvalue weighted by Gasteiger charge is 2.26. The van der Waals surface area contributed by atoms with Crippen LogP contribution in [0.25, 0.3) is 22.2 Å². The minimum atomic E-state index is -0.532. The standard InChI is InChI=1S/C22H25F2N3.2ClH/c1-22(2)7-5-16(6-8-22)25-12-14-9-17(23)21(18(24)10-14)15-3-4-19-20(11-15)27-13-26-19;;/h3-4,9-11,13,16,25H,5-8,12H2,1-2H3,(H,26,27);2*1H. The van der Waals surface area contributed by atoms with E-state index in [9.17, 15) is 8.78 Å². The van der Waals surface area contributed by atoms with E-state index in [2.05, 4.69) is 29.1 Å². The van der Waals surface area contributed by atoms with Crippen molar-refractivity contribution in [3.63, 3.8) is 0 Å². The van der Waals surface area contributed by atoms with Crippen molar-refractivity contribution in [2.24, 2.45) is 5.41 Å². The topological polar surface area (TPSA) is 40.7 Å². The van der Waals surface area contributed by atoms with E-state index in [0.717, 1.165) is 23.9 Å². The molecule has 0 radical (unpaired) electrons. The number of nitrogens with zero attached hydrogens (tertiary/aromatic N) is 1. The Labute approximate surface area is 182 Å². The van der Waals surface area contributed by atoms with E-state index in [-0.39, 0.29) is 30.4 Å². The van der Waals surface area contributed by atoms with Crippen LogP contribution in [0.2, 0.25) is 0 Å². The van der Waals surface area contributed by atoms with Gasteiger partial charge in [0.2, 0.25) is 0 Å². The molecule has 0 atom stereocenters. The number of imidazole rings is 1. The summed E-state index contributed by atoms with van der Waals surface area (Å²) in [7, 11) is 0. The van der Waals surface area contributed by atoms with Crippen LogP contribution in [0.5, 0.6) is 0 Å². The van der Waals surface area contributed by atoms with Crippen molar-refractivity contribution in [2.45, 2.75) is 52.1 Å². The van der Waals surface area contributed by atoms with Gasteiger partial charge >= 0.3 is 0 Å². The first kappa shape index (κ1) is 23.6.